The Morgan fingerprint density at radius 1 is 0.962 bits per heavy atom. The number of hydrogen-bond donors (Lipinski definition) is 2. The quantitative estimate of drug-likeness (QED) is 0.648. The largest absolute Gasteiger partial charge is 0.337 e. The van der Waals surface area contributed by atoms with Gasteiger partial charge in [-0.3, -0.25) is 4.79 Å². The molecule has 0 saturated carbocycles. The average Bonchev–Trinajstić information content (AvgIpc) is 2.61. The molecule has 5 nitrogen and oxygen atoms in total. The topological polar surface area (TPSA) is 66.9 Å². The fourth-order valence-electron chi connectivity index (χ4n) is 2.01. The molecule has 0 atom stereocenters. The summed E-state index contributed by atoms with van der Waals surface area (Å²) in [4.78, 5) is 20.1. The van der Waals surface area contributed by atoms with Gasteiger partial charge in [0, 0.05) is 11.8 Å². The fraction of sp³-hybridized carbons (Fsp3) is 0. The van der Waals surface area contributed by atoms with Crippen LogP contribution in [0.3, 0.4) is 0 Å². The molecule has 2 N–H and O–H groups in total. The number of rotatable bonds is 4. The molecule has 0 unspecified atom stereocenters. The van der Waals surface area contributed by atoms with Gasteiger partial charge >= 0.3 is 0 Å². The molecule has 0 aliphatic carbocycles. The second kappa shape index (κ2) is 7.63. The van der Waals surface area contributed by atoms with Crippen LogP contribution in [0.2, 0.25) is 10.0 Å². The summed E-state index contributed by atoms with van der Waals surface area (Å²) >= 11 is 11.7. The van der Waals surface area contributed by atoms with E-state index in [0.29, 0.717) is 15.7 Å². The molecule has 9 heteroatoms. The van der Waals surface area contributed by atoms with Crippen molar-refractivity contribution in [1.82, 2.24) is 9.97 Å². The molecule has 0 saturated heterocycles. The highest BCUT2D eigenvalue weighted by atomic mass is 35.5. The molecule has 2 aromatic carbocycles. The highest BCUT2D eigenvalue weighted by Crippen LogP contribution is 2.25. The summed E-state index contributed by atoms with van der Waals surface area (Å²) in [6, 6.07) is 7.73. The third-order valence-corrected chi connectivity index (χ3v) is 3.99. The molecule has 1 amide bonds. The molecular weight excluding hydrogens is 385 g/mol. The lowest BCUT2D eigenvalue weighted by molar-refractivity contribution is 0.102. The number of carbonyl (C=O) groups is 1. The maximum absolute atomic E-state index is 13.6. The van der Waals surface area contributed by atoms with Crippen LogP contribution in [0, 0.1) is 11.6 Å². The van der Waals surface area contributed by atoms with Gasteiger partial charge in [-0.2, -0.15) is 0 Å². The SMILES string of the molecule is O=C(Nc1ccc(Cl)c(Cl)c1)c1cnc(Nc2ccc(F)cc2F)cn1. The third kappa shape index (κ3) is 4.25. The monoisotopic (exact) mass is 394 g/mol. The van der Waals surface area contributed by atoms with Crippen molar-refractivity contribution in [3.05, 3.63) is 76.2 Å². The minimum absolute atomic E-state index is 0.0358. The molecule has 0 fully saturated rings. The van der Waals surface area contributed by atoms with Crippen LogP contribution in [0.1, 0.15) is 10.5 Å². The van der Waals surface area contributed by atoms with E-state index in [4.69, 9.17) is 23.2 Å². The smallest absolute Gasteiger partial charge is 0.275 e. The van der Waals surface area contributed by atoms with E-state index in [-0.39, 0.29) is 17.2 Å². The summed E-state index contributed by atoms with van der Waals surface area (Å²) in [5, 5.41) is 5.92. The summed E-state index contributed by atoms with van der Waals surface area (Å²) in [5.41, 5.74) is 0.525. The Morgan fingerprint density at radius 3 is 2.42 bits per heavy atom. The van der Waals surface area contributed by atoms with Crippen molar-refractivity contribution in [2.45, 2.75) is 0 Å². The van der Waals surface area contributed by atoms with Gasteiger partial charge in [-0.05, 0) is 30.3 Å². The molecule has 26 heavy (non-hydrogen) atoms. The molecule has 0 spiro atoms. The average molecular weight is 395 g/mol. The molecule has 1 heterocycles. The van der Waals surface area contributed by atoms with E-state index in [9.17, 15) is 13.6 Å². The molecular formula is C17H10Cl2F2N4O. The molecule has 132 valence electrons. The lowest BCUT2D eigenvalue weighted by Crippen LogP contribution is -2.14. The number of halogens is 4. The molecule has 0 aliphatic heterocycles. The first-order chi connectivity index (χ1) is 12.4. The van der Waals surface area contributed by atoms with E-state index in [0.717, 1.165) is 12.1 Å². The summed E-state index contributed by atoms with van der Waals surface area (Å²) in [6.45, 7) is 0. The van der Waals surface area contributed by atoms with Crippen molar-refractivity contribution in [3.63, 3.8) is 0 Å². The molecule has 3 aromatic rings. The van der Waals surface area contributed by atoms with Gasteiger partial charge in [0.15, 0.2) is 0 Å². The molecule has 1 aromatic heterocycles. The van der Waals surface area contributed by atoms with E-state index >= 15 is 0 Å². The predicted molar refractivity (Wildman–Crippen MR) is 96.1 cm³/mol. The van der Waals surface area contributed by atoms with E-state index in [2.05, 4.69) is 20.6 Å². The summed E-state index contributed by atoms with van der Waals surface area (Å²) in [7, 11) is 0. The lowest BCUT2D eigenvalue weighted by Gasteiger charge is -2.08. The zero-order chi connectivity index (χ0) is 18.7. The predicted octanol–water partition coefficient (Wildman–Crippen LogP) is 5.06. The van der Waals surface area contributed by atoms with Gasteiger partial charge in [0.25, 0.3) is 5.91 Å². The van der Waals surface area contributed by atoms with Crippen LogP contribution < -0.4 is 10.6 Å². The number of hydrogen-bond acceptors (Lipinski definition) is 4. The number of aromatic nitrogens is 2. The van der Waals surface area contributed by atoms with E-state index in [1.165, 1.54) is 24.5 Å². The first kappa shape index (κ1) is 18.0. The van der Waals surface area contributed by atoms with Crippen molar-refractivity contribution in [1.29, 1.82) is 0 Å². The summed E-state index contributed by atoms with van der Waals surface area (Å²) in [6.07, 6.45) is 2.48. The Bertz CT molecular complexity index is 967. The molecule has 3 rings (SSSR count). The van der Waals surface area contributed by atoms with Crippen molar-refractivity contribution >= 4 is 46.3 Å². The van der Waals surface area contributed by atoms with E-state index < -0.39 is 17.5 Å². The normalized spacial score (nSPS) is 10.5. The van der Waals surface area contributed by atoms with E-state index in [1.807, 2.05) is 0 Å². The highest BCUT2D eigenvalue weighted by molar-refractivity contribution is 6.42. The van der Waals surface area contributed by atoms with Gasteiger partial charge in [-0.15, -0.1) is 0 Å². The number of benzene rings is 2. The first-order valence-corrected chi connectivity index (χ1v) is 7.98. The van der Waals surface area contributed by atoms with Crippen molar-refractivity contribution < 1.29 is 13.6 Å². The number of anilines is 3. The Morgan fingerprint density at radius 2 is 1.77 bits per heavy atom. The number of nitrogens with zero attached hydrogens (tertiary/aromatic N) is 2. The van der Waals surface area contributed by atoms with Crippen molar-refractivity contribution in [2.75, 3.05) is 10.6 Å². The number of amides is 1. The maximum atomic E-state index is 13.6. The van der Waals surface area contributed by atoms with Crippen molar-refractivity contribution in [2.24, 2.45) is 0 Å². The zero-order valence-electron chi connectivity index (χ0n) is 12.9. The second-order valence-electron chi connectivity index (χ2n) is 5.12. The highest BCUT2D eigenvalue weighted by Gasteiger charge is 2.11. The van der Waals surface area contributed by atoms with E-state index in [1.54, 1.807) is 12.1 Å². The summed E-state index contributed by atoms with van der Waals surface area (Å²) in [5.74, 6) is -1.77. The molecule has 0 aliphatic rings. The Balaban J connectivity index is 1.70. The van der Waals surface area contributed by atoms with Crippen LogP contribution in [0.25, 0.3) is 0 Å². The van der Waals surface area contributed by atoms with Crippen LogP contribution in [0.4, 0.5) is 26.0 Å². The third-order valence-electron chi connectivity index (χ3n) is 3.26. The minimum atomic E-state index is -0.770. The van der Waals surface area contributed by atoms with Crippen LogP contribution >= 0.6 is 23.2 Å². The zero-order valence-corrected chi connectivity index (χ0v) is 14.4. The van der Waals surface area contributed by atoms with Crippen molar-refractivity contribution in [3.8, 4) is 0 Å². The van der Waals surface area contributed by atoms with Crippen LogP contribution in [0.15, 0.2) is 48.8 Å². The van der Waals surface area contributed by atoms with Gasteiger partial charge in [0.2, 0.25) is 0 Å². The van der Waals surface area contributed by atoms with Crippen LogP contribution in [-0.4, -0.2) is 15.9 Å². The standard InChI is InChI=1S/C17H10Cl2F2N4O/c18-11-3-2-10(6-12(11)19)24-17(26)15-7-23-16(8-22-15)25-14-4-1-9(20)5-13(14)21/h1-8H,(H,23,25)(H,24,26). The fourth-order valence-corrected chi connectivity index (χ4v) is 2.31. The lowest BCUT2D eigenvalue weighted by atomic mass is 10.3. The Labute approximate surface area is 157 Å². The second-order valence-corrected chi connectivity index (χ2v) is 5.93. The van der Waals surface area contributed by atoms with Gasteiger partial charge < -0.3 is 10.6 Å². The number of nitrogens with one attached hydrogen (secondary N) is 2. The van der Waals surface area contributed by atoms with Crippen LogP contribution in [0.5, 0.6) is 0 Å². The molecule has 0 radical (unpaired) electrons. The van der Waals surface area contributed by atoms with Gasteiger partial charge in [-0.1, -0.05) is 23.2 Å². The number of carbonyl (C=O) groups excluding carboxylic acids is 1. The van der Waals surface area contributed by atoms with Gasteiger partial charge in [-0.25, -0.2) is 18.7 Å². The minimum Gasteiger partial charge on any atom is -0.337 e. The first-order valence-electron chi connectivity index (χ1n) is 7.23. The Hall–Kier alpha value is -2.77. The van der Waals surface area contributed by atoms with Crippen LogP contribution in [-0.2, 0) is 0 Å². The molecule has 0 bridgehead atoms. The Kier molecular flexibility index (Phi) is 5.29. The maximum Gasteiger partial charge on any atom is 0.275 e. The summed E-state index contributed by atoms with van der Waals surface area (Å²) < 4.78 is 26.5. The van der Waals surface area contributed by atoms with Gasteiger partial charge in [0.05, 0.1) is 28.1 Å². The van der Waals surface area contributed by atoms with Gasteiger partial charge in [0.1, 0.15) is 23.1 Å².